The fourth-order valence-corrected chi connectivity index (χ4v) is 2.40. The lowest BCUT2D eigenvalue weighted by molar-refractivity contribution is 0.669. The Morgan fingerprint density at radius 2 is 1.53 bits per heavy atom. The van der Waals surface area contributed by atoms with Crippen LogP contribution in [0.15, 0.2) is 65.3 Å². The van der Waals surface area contributed by atoms with Crippen molar-refractivity contribution in [2.45, 2.75) is 0 Å². The van der Waals surface area contributed by atoms with Gasteiger partial charge in [-0.2, -0.15) is 0 Å². The zero-order chi connectivity index (χ0) is 12.7. The third-order valence-electron chi connectivity index (χ3n) is 3.21. The molecule has 0 spiro atoms. The van der Waals surface area contributed by atoms with E-state index >= 15 is 0 Å². The van der Waals surface area contributed by atoms with Gasteiger partial charge < -0.3 is 4.42 Å². The minimum Gasteiger partial charge on any atom is -0.456 e. The largest absolute Gasteiger partial charge is 0.456 e. The van der Waals surface area contributed by atoms with Gasteiger partial charge in [0.05, 0.1) is 0 Å². The zero-order valence-corrected chi connectivity index (χ0v) is 10.1. The molecule has 3 nitrogen and oxygen atoms in total. The Labute approximate surface area is 109 Å². The summed E-state index contributed by atoms with van der Waals surface area (Å²) < 4.78 is 5.86. The van der Waals surface area contributed by atoms with E-state index in [1.807, 2.05) is 42.5 Å². The molecule has 0 bridgehead atoms. The molecule has 0 amide bonds. The molecule has 0 saturated carbocycles. The van der Waals surface area contributed by atoms with Crippen LogP contribution in [-0.2, 0) is 0 Å². The van der Waals surface area contributed by atoms with Crippen LogP contribution in [0, 0.1) is 0 Å². The fourth-order valence-electron chi connectivity index (χ4n) is 2.40. The van der Waals surface area contributed by atoms with Gasteiger partial charge in [0.15, 0.2) is 5.82 Å². The molecule has 0 fully saturated rings. The average Bonchev–Trinajstić information content (AvgIpc) is 2.86. The van der Waals surface area contributed by atoms with E-state index in [0.717, 1.165) is 33.3 Å². The molecule has 3 heteroatoms. The molecule has 4 rings (SSSR count). The molecule has 2 aromatic carbocycles. The summed E-state index contributed by atoms with van der Waals surface area (Å²) in [5.74, 6) is 0.722. The molecular formula is C16H10N2O. The normalized spacial score (nSPS) is 11.2. The number of nitrogens with zero attached hydrogens (tertiary/aromatic N) is 2. The van der Waals surface area contributed by atoms with Gasteiger partial charge in [-0.3, -0.25) is 0 Å². The van der Waals surface area contributed by atoms with Gasteiger partial charge in [-0.25, -0.2) is 9.97 Å². The molecule has 0 unspecified atom stereocenters. The first kappa shape index (κ1) is 10.3. The molecule has 0 N–H and O–H groups in total. The van der Waals surface area contributed by atoms with Gasteiger partial charge in [-0.05, 0) is 18.2 Å². The van der Waals surface area contributed by atoms with Crippen LogP contribution in [0.3, 0.4) is 0 Å². The smallest absolute Gasteiger partial charge is 0.159 e. The second-order valence-electron chi connectivity index (χ2n) is 4.35. The number of hydrogen-bond acceptors (Lipinski definition) is 3. The summed E-state index contributed by atoms with van der Waals surface area (Å²) >= 11 is 0. The second kappa shape index (κ2) is 3.92. The second-order valence-corrected chi connectivity index (χ2v) is 4.35. The van der Waals surface area contributed by atoms with Crippen LogP contribution in [0.25, 0.3) is 33.3 Å². The standard InChI is InChI=1S/C16H10N2O/c1-2-7-13-11(5-1)15-12(6-3-8-14(15)19-13)16-17-9-4-10-18-16/h1-10H. The Morgan fingerprint density at radius 1 is 0.737 bits per heavy atom. The lowest BCUT2D eigenvalue weighted by atomic mass is 10.1. The van der Waals surface area contributed by atoms with Gasteiger partial charge in [-0.15, -0.1) is 0 Å². The zero-order valence-electron chi connectivity index (χ0n) is 10.1. The molecule has 4 aromatic rings. The van der Waals surface area contributed by atoms with E-state index in [1.54, 1.807) is 12.4 Å². The first-order chi connectivity index (χ1) is 9.43. The first-order valence-electron chi connectivity index (χ1n) is 6.11. The first-order valence-corrected chi connectivity index (χ1v) is 6.11. The molecule has 2 aromatic heterocycles. The van der Waals surface area contributed by atoms with Gasteiger partial charge in [0.25, 0.3) is 0 Å². The quantitative estimate of drug-likeness (QED) is 0.508. The molecule has 0 aliphatic heterocycles. The number of para-hydroxylation sites is 1. The number of aromatic nitrogens is 2. The van der Waals surface area contributed by atoms with Crippen LogP contribution >= 0.6 is 0 Å². The monoisotopic (exact) mass is 246 g/mol. The van der Waals surface area contributed by atoms with Gasteiger partial charge in [-0.1, -0.05) is 30.3 Å². The predicted octanol–water partition coefficient (Wildman–Crippen LogP) is 4.04. The molecule has 0 aliphatic carbocycles. The highest BCUT2D eigenvalue weighted by atomic mass is 16.3. The maximum Gasteiger partial charge on any atom is 0.159 e. The van der Waals surface area contributed by atoms with Crippen molar-refractivity contribution in [2.75, 3.05) is 0 Å². The van der Waals surface area contributed by atoms with Crippen molar-refractivity contribution in [1.29, 1.82) is 0 Å². The highest BCUT2D eigenvalue weighted by Crippen LogP contribution is 2.34. The topological polar surface area (TPSA) is 38.9 Å². The Hall–Kier alpha value is -2.68. The van der Waals surface area contributed by atoms with Gasteiger partial charge in [0, 0.05) is 28.7 Å². The Bertz CT molecular complexity index is 866. The van der Waals surface area contributed by atoms with Crippen LogP contribution in [0.5, 0.6) is 0 Å². The molecule has 90 valence electrons. The number of hydrogen-bond donors (Lipinski definition) is 0. The number of rotatable bonds is 1. The number of furan rings is 1. The third-order valence-corrected chi connectivity index (χ3v) is 3.21. The maximum absolute atomic E-state index is 5.86. The van der Waals surface area contributed by atoms with Crippen molar-refractivity contribution in [3.63, 3.8) is 0 Å². The van der Waals surface area contributed by atoms with Crippen molar-refractivity contribution >= 4 is 21.9 Å². The summed E-state index contributed by atoms with van der Waals surface area (Å²) in [6.07, 6.45) is 3.51. The molecular weight excluding hydrogens is 236 g/mol. The van der Waals surface area contributed by atoms with Gasteiger partial charge >= 0.3 is 0 Å². The summed E-state index contributed by atoms with van der Waals surface area (Å²) in [7, 11) is 0. The van der Waals surface area contributed by atoms with Gasteiger partial charge in [0.2, 0.25) is 0 Å². The Balaban J connectivity index is 2.17. The van der Waals surface area contributed by atoms with E-state index in [1.165, 1.54) is 0 Å². The Morgan fingerprint density at radius 3 is 2.42 bits per heavy atom. The van der Waals surface area contributed by atoms with Gasteiger partial charge in [0.1, 0.15) is 11.2 Å². The minimum absolute atomic E-state index is 0.722. The minimum atomic E-state index is 0.722. The maximum atomic E-state index is 5.86. The summed E-state index contributed by atoms with van der Waals surface area (Å²) in [5, 5.41) is 2.17. The van der Waals surface area contributed by atoms with Crippen LogP contribution < -0.4 is 0 Å². The van der Waals surface area contributed by atoms with Crippen molar-refractivity contribution in [2.24, 2.45) is 0 Å². The highest BCUT2D eigenvalue weighted by Gasteiger charge is 2.12. The van der Waals surface area contributed by atoms with Crippen LogP contribution in [0.1, 0.15) is 0 Å². The lowest BCUT2D eigenvalue weighted by Crippen LogP contribution is -1.87. The summed E-state index contributed by atoms with van der Waals surface area (Å²) in [6, 6.07) is 15.8. The number of benzene rings is 2. The molecule has 0 saturated heterocycles. The van der Waals surface area contributed by atoms with Crippen LogP contribution in [0.2, 0.25) is 0 Å². The summed E-state index contributed by atoms with van der Waals surface area (Å²) in [4.78, 5) is 8.67. The van der Waals surface area contributed by atoms with E-state index in [4.69, 9.17) is 4.42 Å². The number of fused-ring (bicyclic) bond motifs is 3. The summed E-state index contributed by atoms with van der Waals surface area (Å²) in [5.41, 5.74) is 2.76. The fraction of sp³-hybridized carbons (Fsp3) is 0. The third kappa shape index (κ3) is 1.52. The van der Waals surface area contributed by atoms with E-state index in [9.17, 15) is 0 Å². The van der Waals surface area contributed by atoms with E-state index in [0.29, 0.717) is 0 Å². The highest BCUT2D eigenvalue weighted by molar-refractivity contribution is 6.11. The molecule has 0 aliphatic rings. The molecule has 19 heavy (non-hydrogen) atoms. The van der Waals surface area contributed by atoms with Crippen molar-refractivity contribution in [3.05, 3.63) is 60.9 Å². The molecule has 0 atom stereocenters. The molecule has 0 radical (unpaired) electrons. The Kier molecular flexibility index (Phi) is 2.12. The lowest BCUT2D eigenvalue weighted by Gasteiger charge is -2.00. The SMILES string of the molecule is c1cnc(-c2cccc3oc4ccccc4c23)nc1. The van der Waals surface area contributed by atoms with E-state index < -0.39 is 0 Å². The van der Waals surface area contributed by atoms with Crippen molar-refractivity contribution < 1.29 is 4.42 Å². The van der Waals surface area contributed by atoms with Crippen molar-refractivity contribution in [3.8, 4) is 11.4 Å². The van der Waals surface area contributed by atoms with Crippen molar-refractivity contribution in [1.82, 2.24) is 9.97 Å². The molecule has 2 heterocycles. The summed E-state index contributed by atoms with van der Waals surface area (Å²) in [6.45, 7) is 0. The van der Waals surface area contributed by atoms with Crippen LogP contribution in [0.4, 0.5) is 0 Å². The predicted molar refractivity (Wildman–Crippen MR) is 74.7 cm³/mol. The van der Waals surface area contributed by atoms with E-state index in [2.05, 4.69) is 16.0 Å². The average molecular weight is 246 g/mol. The van der Waals surface area contributed by atoms with Crippen LogP contribution in [-0.4, -0.2) is 9.97 Å². The van der Waals surface area contributed by atoms with E-state index in [-0.39, 0.29) is 0 Å².